The number of carboxylic acids is 1. The van der Waals surface area contributed by atoms with Crippen molar-refractivity contribution >= 4 is 40.8 Å². The molecule has 29 heavy (non-hydrogen) atoms. The SMILES string of the molecule is O=C(O)C[C@H]1O[C@H](c2cccc(OC(F)(F)F)c2Cl)c2cc(Cl)ccc2NC1=O. The summed E-state index contributed by atoms with van der Waals surface area (Å²) in [6, 6.07) is 8.07. The maximum atomic E-state index is 12.7. The van der Waals surface area contributed by atoms with Crippen LogP contribution in [-0.2, 0) is 14.3 Å². The van der Waals surface area contributed by atoms with Crippen LogP contribution >= 0.6 is 23.2 Å². The first-order chi connectivity index (χ1) is 13.5. The van der Waals surface area contributed by atoms with E-state index in [-0.39, 0.29) is 16.3 Å². The van der Waals surface area contributed by atoms with Crippen molar-refractivity contribution in [1.82, 2.24) is 0 Å². The van der Waals surface area contributed by atoms with Gasteiger partial charge < -0.3 is 19.9 Å². The summed E-state index contributed by atoms with van der Waals surface area (Å²) in [5.74, 6) is -2.69. The number of hydrogen-bond donors (Lipinski definition) is 2. The Morgan fingerprint density at radius 3 is 2.59 bits per heavy atom. The monoisotopic (exact) mass is 449 g/mol. The number of alkyl halides is 3. The van der Waals surface area contributed by atoms with Crippen molar-refractivity contribution in [2.24, 2.45) is 0 Å². The van der Waals surface area contributed by atoms with Crippen LogP contribution in [-0.4, -0.2) is 29.4 Å². The molecular formula is C18H12Cl2F3NO5. The van der Waals surface area contributed by atoms with Crippen LogP contribution in [0.25, 0.3) is 0 Å². The average molecular weight is 450 g/mol. The van der Waals surface area contributed by atoms with Gasteiger partial charge in [0.1, 0.15) is 18.0 Å². The molecule has 2 aromatic rings. The summed E-state index contributed by atoms with van der Waals surface area (Å²) in [5.41, 5.74) is 0.601. The topological polar surface area (TPSA) is 84.9 Å². The molecule has 0 saturated carbocycles. The first kappa shape index (κ1) is 21.2. The van der Waals surface area contributed by atoms with E-state index in [4.69, 9.17) is 33.0 Å². The number of benzene rings is 2. The zero-order valence-electron chi connectivity index (χ0n) is 14.3. The Morgan fingerprint density at radius 1 is 1.21 bits per heavy atom. The van der Waals surface area contributed by atoms with Gasteiger partial charge in [-0.1, -0.05) is 35.3 Å². The van der Waals surface area contributed by atoms with E-state index in [1.54, 1.807) is 0 Å². The maximum absolute atomic E-state index is 12.7. The molecule has 1 amide bonds. The van der Waals surface area contributed by atoms with Gasteiger partial charge in [0.05, 0.1) is 11.4 Å². The van der Waals surface area contributed by atoms with E-state index >= 15 is 0 Å². The Labute approximate surface area is 172 Å². The summed E-state index contributed by atoms with van der Waals surface area (Å²) < 4.78 is 47.6. The molecule has 0 fully saturated rings. The van der Waals surface area contributed by atoms with E-state index in [9.17, 15) is 22.8 Å². The second kappa shape index (κ2) is 8.10. The van der Waals surface area contributed by atoms with Crippen molar-refractivity contribution in [3.63, 3.8) is 0 Å². The molecular weight excluding hydrogens is 438 g/mol. The molecule has 1 aliphatic heterocycles. The molecule has 0 radical (unpaired) electrons. The lowest BCUT2D eigenvalue weighted by Gasteiger charge is -2.23. The second-order valence-corrected chi connectivity index (χ2v) is 6.85. The van der Waals surface area contributed by atoms with E-state index in [1.165, 1.54) is 30.3 Å². The normalized spacial score (nSPS) is 19.1. The van der Waals surface area contributed by atoms with Crippen LogP contribution in [0.15, 0.2) is 36.4 Å². The highest BCUT2D eigenvalue weighted by molar-refractivity contribution is 6.33. The predicted molar refractivity (Wildman–Crippen MR) is 97.2 cm³/mol. The molecule has 0 aromatic heterocycles. The molecule has 0 bridgehead atoms. The molecule has 2 atom stereocenters. The van der Waals surface area contributed by atoms with Crippen molar-refractivity contribution < 1.29 is 37.3 Å². The van der Waals surface area contributed by atoms with Crippen molar-refractivity contribution in [3.05, 3.63) is 57.6 Å². The van der Waals surface area contributed by atoms with Crippen LogP contribution in [0, 0.1) is 0 Å². The minimum atomic E-state index is -4.98. The molecule has 0 aliphatic carbocycles. The number of ether oxygens (including phenoxy) is 2. The number of halogens is 5. The van der Waals surface area contributed by atoms with Gasteiger partial charge in [0.25, 0.3) is 5.91 Å². The third kappa shape index (κ3) is 4.92. The van der Waals surface area contributed by atoms with Crippen molar-refractivity contribution in [3.8, 4) is 5.75 Å². The van der Waals surface area contributed by atoms with Gasteiger partial charge in [0.15, 0.2) is 0 Å². The first-order valence-electron chi connectivity index (χ1n) is 8.07. The Bertz CT molecular complexity index is 967. The number of carboxylic acid groups (broad SMARTS) is 1. The van der Waals surface area contributed by atoms with Crippen LogP contribution in [0.5, 0.6) is 5.75 Å². The molecule has 0 unspecified atom stereocenters. The second-order valence-electron chi connectivity index (χ2n) is 6.03. The highest BCUT2D eigenvalue weighted by Gasteiger charge is 2.36. The van der Waals surface area contributed by atoms with Gasteiger partial charge in [-0.25, -0.2) is 0 Å². The highest BCUT2D eigenvalue weighted by atomic mass is 35.5. The van der Waals surface area contributed by atoms with E-state index in [0.29, 0.717) is 5.56 Å². The number of fused-ring (bicyclic) bond motifs is 1. The summed E-state index contributed by atoms with van der Waals surface area (Å²) in [6.07, 6.45) is -8.25. The van der Waals surface area contributed by atoms with Crippen molar-refractivity contribution in [1.29, 1.82) is 0 Å². The number of nitrogens with one attached hydrogen (secondary N) is 1. The largest absolute Gasteiger partial charge is 0.573 e. The molecule has 1 heterocycles. The summed E-state index contributed by atoms with van der Waals surface area (Å²) in [6.45, 7) is 0. The summed E-state index contributed by atoms with van der Waals surface area (Å²) in [7, 11) is 0. The first-order valence-corrected chi connectivity index (χ1v) is 8.82. The van der Waals surface area contributed by atoms with Gasteiger partial charge in [0, 0.05) is 21.8 Å². The molecule has 1 aliphatic rings. The molecule has 6 nitrogen and oxygen atoms in total. The van der Waals surface area contributed by atoms with Crippen LogP contribution in [0.4, 0.5) is 18.9 Å². The number of amides is 1. The molecule has 3 rings (SSSR count). The van der Waals surface area contributed by atoms with E-state index < -0.39 is 47.6 Å². The number of carbonyl (C=O) groups excluding carboxylic acids is 1. The van der Waals surface area contributed by atoms with Gasteiger partial charge >= 0.3 is 12.3 Å². The molecule has 0 saturated heterocycles. The minimum Gasteiger partial charge on any atom is -0.481 e. The van der Waals surface area contributed by atoms with Gasteiger partial charge in [-0.3, -0.25) is 9.59 Å². The third-order valence-electron chi connectivity index (χ3n) is 4.01. The number of carbonyl (C=O) groups is 2. The van der Waals surface area contributed by atoms with E-state index in [0.717, 1.165) is 6.07 Å². The molecule has 2 N–H and O–H groups in total. The number of hydrogen-bond acceptors (Lipinski definition) is 4. The number of aliphatic carboxylic acids is 1. The zero-order chi connectivity index (χ0) is 21.3. The van der Waals surface area contributed by atoms with E-state index in [2.05, 4.69) is 10.1 Å². The van der Waals surface area contributed by atoms with Crippen LogP contribution in [0.1, 0.15) is 23.7 Å². The van der Waals surface area contributed by atoms with Gasteiger partial charge in [-0.15, -0.1) is 13.2 Å². The summed E-state index contributed by atoms with van der Waals surface area (Å²) >= 11 is 12.2. The Balaban J connectivity index is 2.12. The summed E-state index contributed by atoms with van der Waals surface area (Å²) in [5, 5.41) is 11.5. The van der Waals surface area contributed by atoms with Crippen molar-refractivity contribution in [2.75, 3.05) is 5.32 Å². The quantitative estimate of drug-likeness (QED) is 0.700. The van der Waals surface area contributed by atoms with Crippen LogP contribution in [0.3, 0.4) is 0 Å². The predicted octanol–water partition coefficient (Wildman–Crippen LogP) is 4.79. The highest BCUT2D eigenvalue weighted by Crippen LogP contribution is 2.43. The Morgan fingerprint density at radius 2 is 1.93 bits per heavy atom. The fourth-order valence-electron chi connectivity index (χ4n) is 2.85. The average Bonchev–Trinajstić information content (AvgIpc) is 2.73. The Kier molecular flexibility index (Phi) is 5.92. The zero-order valence-corrected chi connectivity index (χ0v) is 15.8. The van der Waals surface area contributed by atoms with Crippen LogP contribution < -0.4 is 10.1 Å². The lowest BCUT2D eigenvalue weighted by Crippen LogP contribution is -2.31. The van der Waals surface area contributed by atoms with Gasteiger partial charge in [0.2, 0.25) is 0 Å². The lowest BCUT2D eigenvalue weighted by molar-refractivity contribution is -0.274. The standard InChI is InChI=1S/C18H12Cl2F3NO5/c19-8-4-5-11-10(6-8)16(28-13(7-14(25)26)17(27)24-11)9-2-1-3-12(15(9)20)29-18(21,22)23/h1-6,13,16H,7H2,(H,24,27)(H,25,26)/t13-,16-/m1/s1. The maximum Gasteiger partial charge on any atom is 0.573 e. The third-order valence-corrected chi connectivity index (χ3v) is 4.65. The fourth-order valence-corrected chi connectivity index (χ4v) is 3.30. The van der Waals surface area contributed by atoms with Crippen molar-refractivity contribution in [2.45, 2.75) is 25.0 Å². The minimum absolute atomic E-state index is 0.0452. The smallest absolute Gasteiger partial charge is 0.481 e. The molecule has 2 aromatic carbocycles. The fraction of sp³-hybridized carbons (Fsp3) is 0.222. The van der Waals surface area contributed by atoms with Crippen LogP contribution in [0.2, 0.25) is 10.0 Å². The van der Waals surface area contributed by atoms with Gasteiger partial charge in [-0.05, 0) is 24.3 Å². The molecule has 0 spiro atoms. The number of anilines is 1. The summed E-state index contributed by atoms with van der Waals surface area (Å²) in [4.78, 5) is 23.5. The number of rotatable bonds is 4. The van der Waals surface area contributed by atoms with E-state index in [1.807, 2.05) is 0 Å². The lowest BCUT2D eigenvalue weighted by atomic mass is 9.99. The van der Waals surface area contributed by atoms with Gasteiger partial charge in [-0.2, -0.15) is 0 Å². The molecule has 154 valence electrons. The molecule has 11 heteroatoms. The Hall–Kier alpha value is -2.49.